The fourth-order valence-electron chi connectivity index (χ4n) is 1.98. The molecule has 4 heteroatoms. The molecule has 1 aliphatic carbocycles. The minimum Gasteiger partial charge on any atom is -0.222 e. The van der Waals surface area contributed by atoms with E-state index in [9.17, 15) is 8.42 Å². The molecule has 0 aliphatic heterocycles. The van der Waals surface area contributed by atoms with E-state index in [4.69, 9.17) is 0 Å². The molecule has 0 aromatic heterocycles. The van der Waals surface area contributed by atoms with Crippen LogP contribution in [0.2, 0.25) is 0 Å². The molecule has 0 bridgehead atoms. The molecule has 2 nitrogen and oxygen atoms in total. The molecule has 2 rings (SSSR count). The van der Waals surface area contributed by atoms with Gasteiger partial charge < -0.3 is 0 Å². The normalized spacial score (nSPS) is 20.3. The summed E-state index contributed by atoms with van der Waals surface area (Å²) in [5.74, 6) is 0. The van der Waals surface area contributed by atoms with Crippen molar-refractivity contribution in [2.45, 2.75) is 33.3 Å². The molecule has 1 fully saturated rings. The number of hydrogen-bond acceptors (Lipinski definition) is 2. The largest absolute Gasteiger partial charge is 0.222 e. The van der Waals surface area contributed by atoms with Crippen LogP contribution in [0.25, 0.3) is 0 Å². The number of hydrogen-bond donors (Lipinski definition) is 0. The lowest BCUT2D eigenvalue weighted by Crippen LogP contribution is -2.28. The van der Waals surface area contributed by atoms with E-state index in [-0.39, 0.29) is 0 Å². The molecule has 1 aromatic carbocycles. The highest BCUT2D eigenvalue weighted by atomic mass is 127. The van der Waals surface area contributed by atoms with E-state index in [2.05, 4.69) is 22.6 Å². The van der Waals surface area contributed by atoms with Crippen LogP contribution in [0.4, 0.5) is 0 Å². The molecule has 1 saturated carbocycles. The first-order chi connectivity index (χ1) is 7.06. The van der Waals surface area contributed by atoms with Gasteiger partial charge in [0.25, 0.3) is 0 Å². The standard InChI is InChI=1S/C11H13IO2S/c12-11(8-4-5-9-11)15(13,14)10-6-2-1-3-7-10/h1-3,6-7H,4-5,8-9H2. The summed E-state index contributed by atoms with van der Waals surface area (Å²) >= 11 is 2.12. The highest BCUT2D eigenvalue weighted by molar-refractivity contribution is 14.1. The van der Waals surface area contributed by atoms with Gasteiger partial charge in [-0.25, -0.2) is 8.42 Å². The molecular formula is C11H13IO2S. The second-order valence-electron chi connectivity index (χ2n) is 3.91. The Labute approximate surface area is 104 Å². The van der Waals surface area contributed by atoms with Crippen molar-refractivity contribution in [2.75, 3.05) is 0 Å². The Morgan fingerprint density at radius 2 is 1.60 bits per heavy atom. The van der Waals surface area contributed by atoms with Gasteiger partial charge in [-0.2, -0.15) is 0 Å². The third-order valence-electron chi connectivity index (χ3n) is 2.89. The van der Waals surface area contributed by atoms with E-state index in [0.717, 1.165) is 25.7 Å². The first-order valence-electron chi connectivity index (χ1n) is 5.05. The molecule has 0 atom stereocenters. The van der Waals surface area contributed by atoms with Crippen molar-refractivity contribution in [1.82, 2.24) is 0 Å². The molecule has 0 heterocycles. The van der Waals surface area contributed by atoms with Gasteiger partial charge in [0, 0.05) is 0 Å². The third-order valence-corrected chi connectivity index (χ3v) is 7.97. The van der Waals surface area contributed by atoms with Gasteiger partial charge in [0.15, 0.2) is 9.84 Å². The average molecular weight is 336 g/mol. The Kier molecular flexibility index (Phi) is 3.07. The van der Waals surface area contributed by atoms with Gasteiger partial charge in [0.05, 0.1) is 4.90 Å². The highest BCUT2D eigenvalue weighted by Gasteiger charge is 2.44. The lowest BCUT2D eigenvalue weighted by atomic mass is 10.4. The number of halogens is 1. The van der Waals surface area contributed by atoms with Crippen molar-refractivity contribution in [3.63, 3.8) is 0 Å². The second-order valence-corrected chi connectivity index (χ2v) is 8.96. The lowest BCUT2D eigenvalue weighted by molar-refractivity contribution is 0.576. The summed E-state index contributed by atoms with van der Waals surface area (Å²) in [4.78, 5) is 0.460. The first kappa shape index (κ1) is 11.4. The van der Waals surface area contributed by atoms with Crippen molar-refractivity contribution >= 4 is 32.4 Å². The van der Waals surface area contributed by atoms with E-state index >= 15 is 0 Å². The van der Waals surface area contributed by atoms with E-state index in [1.165, 1.54) is 0 Å². The predicted molar refractivity (Wildman–Crippen MR) is 68.8 cm³/mol. The van der Waals surface area contributed by atoms with Crippen LogP contribution >= 0.6 is 22.6 Å². The highest BCUT2D eigenvalue weighted by Crippen LogP contribution is 2.45. The van der Waals surface area contributed by atoms with Gasteiger partial charge >= 0.3 is 0 Å². The predicted octanol–water partition coefficient (Wildman–Crippen LogP) is 3.17. The fraction of sp³-hybridized carbons (Fsp3) is 0.455. The monoisotopic (exact) mass is 336 g/mol. The Bertz CT molecular complexity index is 433. The number of benzene rings is 1. The average Bonchev–Trinajstić information content (AvgIpc) is 2.68. The molecule has 1 aromatic rings. The topological polar surface area (TPSA) is 34.1 Å². The summed E-state index contributed by atoms with van der Waals surface area (Å²) in [6.07, 6.45) is 3.61. The zero-order chi connectivity index (χ0) is 10.9. The maximum atomic E-state index is 12.3. The van der Waals surface area contributed by atoms with Crippen LogP contribution in [0.15, 0.2) is 35.2 Å². The van der Waals surface area contributed by atoms with Crippen LogP contribution in [-0.4, -0.2) is 11.2 Å². The van der Waals surface area contributed by atoms with E-state index < -0.39 is 12.6 Å². The van der Waals surface area contributed by atoms with Crippen LogP contribution < -0.4 is 0 Å². The summed E-state index contributed by atoms with van der Waals surface area (Å²) in [5, 5.41) is 0. The van der Waals surface area contributed by atoms with Gasteiger partial charge in [-0.1, -0.05) is 53.6 Å². The van der Waals surface area contributed by atoms with E-state index in [1.807, 2.05) is 6.07 Å². The Morgan fingerprint density at radius 1 is 1.07 bits per heavy atom. The Hall–Kier alpha value is -0.100. The summed E-state index contributed by atoms with van der Waals surface area (Å²) in [7, 11) is -3.15. The molecule has 0 N–H and O–H groups in total. The van der Waals surface area contributed by atoms with Crippen molar-refractivity contribution in [2.24, 2.45) is 0 Å². The maximum Gasteiger partial charge on any atom is 0.193 e. The van der Waals surface area contributed by atoms with Crippen molar-refractivity contribution in [3.8, 4) is 0 Å². The van der Waals surface area contributed by atoms with Gasteiger partial charge in [-0.3, -0.25) is 0 Å². The molecular weight excluding hydrogens is 323 g/mol. The van der Waals surface area contributed by atoms with Crippen LogP contribution in [0.5, 0.6) is 0 Å². The molecule has 0 unspecified atom stereocenters. The number of rotatable bonds is 2. The quantitative estimate of drug-likeness (QED) is 0.614. The second kappa shape index (κ2) is 4.05. The molecule has 0 saturated heterocycles. The van der Waals surface area contributed by atoms with Crippen molar-refractivity contribution in [3.05, 3.63) is 30.3 Å². The minimum absolute atomic E-state index is 0.460. The summed E-state index contributed by atoms with van der Waals surface area (Å²) < 4.78 is 24.1. The van der Waals surface area contributed by atoms with Crippen molar-refractivity contribution < 1.29 is 8.42 Å². The first-order valence-corrected chi connectivity index (χ1v) is 7.61. The van der Waals surface area contributed by atoms with Crippen LogP contribution in [-0.2, 0) is 9.84 Å². The number of alkyl halides is 1. The smallest absolute Gasteiger partial charge is 0.193 e. The Balaban J connectivity index is 2.44. The van der Waals surface area contributed by atoms with Crippen LogP contribution in [0, 0.1) is 0 Å². The van der Waals surface area contributed by atoms with Crippen LogP contribution in [0.1, 0.15) is 25.7 Å². The van der Waals surface area contributed by atoms with Crippen LogP contribution in [0.3, 0.4) is 0 Å². The molecule has 1 aliphatic rings. The molecule has 15 heavy (non-hydrogen) atoms. The van der Waals surface area contributed by atoms with Crippen molar-refractivity contribution in [1.29, 1.82) is 0 Å². The zero-order valence-electron chi connectivity index (χ0n) is 8.32. The zero-order valence-corrected chi connectivity index (χ0v) is 11.3. The number of sulfone groups is 1. The third kappa shape index (κ3) is 1.93. The molecule has 0 radical (unpaired) electrons. The van der Waals surface area contributed by atoms with E-state index in [1.54, 1.807) is 24.3 Å². The van der Waals surface area contributed by atoms with Gasteiger partial charge in [0.2, 0.25) is 0 Å². The summed E-state index contributed by atoms with van der Waals surface area (Å²) in [6.45, 7) is 0. The molecule has 82 valence electrons. The molecule has 0 spiro atoms. The van der Waals surface area contributed by atoms with Gasteiger partial charge in [-0.05, 0) is 25.0 Å². The minimum atomic E-state index is -3.15. The van der Waals surface area contributed by atoms with Gasteiger partial charge in [-0.15, -0.1) is 0 Å². The SMILES string of the molecule is O=S(=O)(c1ccccc1)C1(I)CCCC1. The molecule has 0 amide bonds. The fourth-order valence-corrected chi connectivity index (χ4v) is 5.27. The summed E-state index contributed by atoms with van der Waals surface area (Å²) in [5.41, 5.74) is 0. The maximum absolute atomic E-state index is 12.3. The summed E-state index contributed by atoms with van der Waals surface area (Å²) in [6, 6.07) is 8.78. The lowest BCUT2D eigenvalue weighted by Gasteiger charge is -2.21. The van der Waals surface area contributed by atoms with Gasteiger partial charge in [0.1, 0.15) is 2.75 Å². The van der Waals surface area contributed by atoms with E-state index in [0.29, 0.717) is 4.90 Å². The Morgan fingerprint density at radius 3 is 2.13 bits per heavy atom.